The number of likely N-dealkylation sites (N-methyl/N-ethyl adjacent to an activating group) is 1. The Hall–Kier alpha value is -0.420. The second-order valence-electron chi connectivity index (χ2n) is 5.09. The fourth-order valence-corrected chi connectivity index (χ4v) is 2.57. The van der Waals surface area contributed by atoms with E-state index in [1.165, 1.54) is 12.0 Å². The fourth-order valence-electron chi connectivity index (χ4n) is 2.31. The smallest absolute Gasteiger partial charge is 0.0470 e. The molecule has 19 heavy (non-hydrogen) atoms. The quantitative estimate of drug-likeness (QED) is 0.796. The van der Waals surface area contributed by atoms with Gasteiger partial charge in [0, 0.05) is 23.6 Å². The molecule has 0 amide bonds. The fraction of sp³-hybridized carbons (Fsp3) is 0.600. The van der Waals surface area contributed by atoms with Crippen molar-refractivity contribution in [2.24, 2.45) is 5.73 Å². The molecule has 1 atom stereocenters. The molecule has 0 heterocycles. The van der Waals surface area contributed by atoms with Gasteiger partial charge >= 0.3 is 0 Å². The summed E-state index contributed by atoms with van der Waals surface area (Å²) >= 11 is 3.48. The van der Waals surface area contributed by atoms with E-state index in [1.54, 1.807) is 0 Å². The summed E-state index contributed by atoms with van der Waals surface area (Å²) < 4.78 is 1.11. The molecule has 0 spiro atoms. The van der Waals surface area contributed by atoms with Gasteiger partial charge in [-0.1, -0.05) is 35.0 Å². The van der Waals surface area contributed by atoms with Crippen molar-refractivity contribution in [1.29, 1.82) is 0 Å². The zero-order valence-corrected chi connectivity index (χ0v) is 13.9. The van der Waals surface area contributed by atoms with Gasteiger partial charge in [0.1, 0.15) is 0 Å². The van der Waals surface area contributed by atoms with Gasteiger partial charge in [0.2, 0.25) is 0 Å². The maximum atomic E-state index is 5.99. The predicted octanol–water partition coefficient (Wildman–Crippen LogP) is 2.72. The standard InChI is InChI=1S/C15H26BrN3/c1-4-19(11-5-10-18(2)3)15(12-17)13-6-8-14(16)9-7-13/h6-9,15H,4-5,10-12,17H2,1-3H3. The van der Waals surface area contributed by atoms with E-state index in [1.807, 2.05) is 0 Å². The predicted molar refractivity (Wildman–Crippen MR) is 86.4 cm³/mol. The summed E-state index contributed by atoms with van der Waals surface area (Å²) in [5.41, 5.74) is 7.29. The molecule has 2 N–H and O–H groups in total. The van der Waals surface area contributed by atoms with Crippen LogP contribution in [-0.2, 0) is 0 Å². The molecule has 0 fully saturated rings. The van der Waals surface area contributed by atoms with E-state index in [9.17, 15) is 0 Å². The van der Waals surface area contributed by atoms with Crippen LogP contribution in [0.5, 0.6) is 0 Å². The first-order valence-corrected chi connectivity index (χ1v) is 7.72. The first kappa shape index (κ1) is 16.6. The van der Waals surface area contributed by atoms with Crippen LogP contribution in [0.4, 0.5) is 0 Å². The Morgan fingerprint density at radius 2 is 1.79 bits per heavy atom. The molecule has 4 heteroatoms. The zero-order chi connectivity index (χ0) is 14.3. The van der Waals surface area contributed by atoms with Gasteiger partial charge in [-0.25, -0.2) is 0 Å². The number of rotatable bonds is 8. The van der Waals surface area contributed by atoms with Crippen LogP contribution < -0.4 is 5.73 Å². The van der Waals surface area contributed by atoms with E-state index in [2.05, 4.69) is 71.0 Å². The Kier molecular flexibility index (Phi) is 7.61. The van der Waals surface area contributed by atoms with E-state index < -0.39 is 0 Å². The van der Waals surface area contributed by atoms with Crippen LogP contribution in [0.3, 0.4) is 0 Å². The molecule has 1 rings (SSSR count). The number of halogens is 1. The minimum atomic E-state index is 0.320. The lowest BCUT2D eigenvalue weighted by Gasteiger charge is -2.30. The molecule has 0 aliphatic heterocycles. The highest BCUT2D eigenvalue weighted by molar-refractivity contribution is 9.10. The van der Waals surface area contributed by atoms with Gasteiger partial charge in [-0.3, -0.25) is 4.90 Å². The topological polar surface area (TPSA) is 32.5 Å². The third-order valence-corrected chi connectivity index (χ3v) is 3.90. The lowest BCUT2D eigenvalue weighted by molar-refractivity contribution is 0.201. The third kappa shape index (κ3) is 5.61. The van der Waals surface area contributed by atoms with Gasteiger partial charge in [-0.15, -0.1) is 0 Å². The van der Waals surface area contributed by atoms with E-state index in [-0.39, 0.29) is 0 Å². The van der Waals surface area contributed by atoms with Crippen molar-refractivity contribution in [3.05, 3.63) is 34.3 Å². The number of hydrogen-bond acceptors (Lipinski definition) is 3. The summed E-state index contributed by atoms with van der Waals surface area (Å²) in [5, 5.41) is 0. The molecule has 0 saturated carbocycles. The summed E-state index contributed by atoms with van der Waals surface area (Å²) in [4.78, 5) is 4.69. The number of nitrogens with two attached hydrogens (primary N) is 1. The molecule has 0 aliphatic carbocycles. The average molecular weight is 328 g/mol. The second kappa shape index (κ2) is 8.69. The van der Waals surface area contributed by atoms with Gasteiger partial charge in [0.15, 0.2) is 0 Å². The van der Waals surface area contributed by atoms with Crippen LogP contribution in [0.25, 0.3) is 0 Å². The zero-order valence-electron chi connectivity index (χ0n) is 12.3. The van der Waals surface area contributed by atoms with Crippen molar-refractivity contribution in [2.45, 2.75) is 19.4 Å². The lowest BCUT2D eigenvalue weighted by Crippen LogP contribution is -2.35. The first-order chi connectivity index (χ1) is 9.08. The van der Waals surface area contributed by atoms with Gasteiger partial charge < -0.3 is 10.6 Å². The Morgan fingerprint density at radius 3 is 2.26 bits per heavy atom. The average Bonchev–Trinajstić information content (AvgIpc) is 2.39. The van der Waals surface area contributed by atoms with Crippen LogP contribution in [0.2, 0.25) is 0 Å². The highest BCUT2D eigenvalue weighted by Gasteiger charge is 2.17. The number of benzene rings is 1. The van der Waals surface area contributed by atoms with E-state index in [0.29, 0.717) is 12.6 Å². The molecular weight excluding hydrogens is 302 g/mol. The van der Waals surface area contributed by atoms with Gasteiger partial charge in [0.05, 0.1) is 0 Å². The molecule has 0 saturated heterocycles. The molecular formula is C15H26BrN3. The SMILES string of the molecule is CCN(CCCN(C)C)C(CN)c1ccc(Br)cc1. The second-order valence-corrected chi connectivity index (χ2v) is 6.00. The molecule has 1 aromatic carbocycles. The maximum Gasteiger partial charge on any atom is 0.0470 e. The minimum absolute atomic E-state index is 0.320. The first-order valence-electron chi connectivity index (χ1n) is 6.92. The minimum Gasteiger partial charge on any atom is -0.329 e. The highest BCUT2D eigenvalue weighted by atomic mass is 79.9. The highest BCUT2D eigenvalue weighted by Crippen LogP contribution is 2.21. The summed E-state index contributed by atoms with van der Waals surface area (Å²) in [6, 6.07) is 8.82. The van der Waals surface area contributed by atoms with Crippen LogP contribution in [-0.4, -0.2) is 50.1 Å². The van der Waals surface area contributed by atoms with E-state index >= 15 is 0 Å². The largest absolute Gasteiger partial charge is 0.329 e. The summed E-state index contributed by atoms with van der Waals surface area (Å²) in [6.07, 6.45) is 1.17. The molecule has 108 valence electrons. The number of nitrogens with zero attached hydrogens (tertiary/aromatic N) is 2. The molecule has 0 aromatic heterocycles. The lowest BCUT2D eigenvalue weighted by atomic mass is 10.1. The van der Waals surface area contributed by atoms with Gasteiger partial charge in [-0.05, 0) is 51.3 Å². The van der Waals surface area contributed by atoms with Crippen molar-refractivity contribution in [3.8, 4) is 0 Å². The molecule has 0 radical (unpaired) electrons. The maximum absolute atomic E-state index is 5.99. The summed E-state index contributed by atoms with van der Waals surface area (Å²) in [6.45, 7) is 6.11. The molecule has 0 bridgehead atoms. The van der Waals surface area contributed by atoms with Crippen LogP contribution in [0, 0.1) is 0 Å². The summed E-state index contributed by atoms with van der Waals surface area (Å²) in [5.74, 6) is 0. The van der Waals surface area contributed by atoms with Crippen LogP contribution in [0.15, 0.2) is 28.7 Å². The van der Waals surface area contributed by atoms with Crippen molar-refractivity contribution >= 4 is 15.9 Å². The van der Waals surface area contributed by atoms with E-state index in [0.717, 1.165) is 24.1 Å². The molecule has 1 aromatic rings. The van der Waals surface area contributed by atoms with Crippen molar-refractivity contribution in [3.63, 3.8) is 0 Å². The number of hydrogen-bond donors (Lipinski definition) is 1. The summed E-state index contributed by atoms with van der Waals surface area (Å²) in [7, 11) is 4.23. The Bertz CT molecular complexity index is 351. The van der Waals surface area contributed by atoms with Gasteiger partial charge in [-0.2, -0.15) is 0 Å². The third-order valence-electron chi connectivity index (χ3n) is 3.38. The van der Waals surface area contributed by atoms with Crippen molar-refractivity contribution in [1.82, 2.24) is 9.80 Å². The Balaban J connectivity index is 2.66. The van der Waals surface area contributed by atoms with Crippen LogP contribution in [0.1, 0.15) is 24.9 Å². The molecule has 3 nitrogen and oxygen atoms in total. The van der Waals surface area contributed by atoms with Crippen LogP contribution >= 0.6 is 15.9 Å². The Morgan fingerprint density at radius 1 is 1.16 bits per heavy atom. The normalized spacial score (nSPS) is 13.2. The van der Waals surface area contributed by atoms with Crippen molar-refractivity contribution in [2.75, 3.05) is 40.3 Å². The Labute approximate surface area is 125 Å². The van der Waals surface area contributed by atoms with Gasteiger partial charge in [0.25, 0.3) is 0 Å². The molecule has 0 aliphatic rings. The molecule has 1 unspecified atom stereocenters. The van der Waals surface area contributed by atoms with E-state index in [4.69, 9.17) is 5.73 Å². The monoisotopic (exact) mass is 327 g/mol. The van der Waals surface area contributed by atoms with Crippen molar-refractivity contribution < 1.29 is 0 Å².